The second kappa shape index (κ2) is 9.76. The molecule has 2 fully saturated rings. The third-order valence-electron chi connectivity index (χ3n) is 7.14. The molecule has 1 saturated heterocycles. The molecule has 38 heavy (non-hydrogen) atoms. The summed E-state index contributed by atoms with van der Waals surface area (Å²) >= 11 is 0. The lowest BCUT2D eigenvalue weighted by Gasteiger charge is -2.23. The largest absolute Gasteiger partial charge is 0.494 e. The number of aromatic nitrogens is 6. The number of aliphatic hydroxyl groups excluding tert-OH is 1. The Labute approximate surface area is 219 Å². The molecule has 0 radical (unpaired) electrons. The van der Waals surface area contributed by atoms with E-state index in [2.05, 4.69) is 20.7 Å². The number of pyridine rings is 1. The molecule has 1 aliphatic heterocycles. The van der Waals surface area contributed by atoms with Gasteiger partial charge in [0.15, 0.2) is 23.4 Å². The van der Waals surface area contributed by atoms with Gasteiger partial charge in [0.2, 0.25) is 0 Å². The second-order valence-electron chi connectivity index (χ2n) is 9.94. The molecule has 0 spiro atoms. The van der Waals surface area contributed by atoms with Crippen LogP contribution in [0.25, 0.3) is 22.4 Å². The minimum atomic E-state index is -0.696. The molecule has 4 aromatic rings. The number of fused-ring (bicyclic) bond motifs is 1. The molecule has 200 valence electrons. The quantitative estimate of drug-likeness (QED) is 0.257. The van der Waals surface area contributed by atoms with Crippen LogP contribution < -0.4 is 20.9 Å². The molecule has 2 aliphatic rings. The number of nitrogens with one attached hydrogen (secondary N) is 3. The van der Waals surface area contributed by atoms with Crippen LogP contribution in [0.15, 0.2) is 29.1 Å². The number of ether oxygens (including phenoxy) is 2. The van der Waals surface area contributed by atoms with Crippen molar-refractivity contribution in [3.8, 4) is 17.1 Å². The number of anilines is 3. The summed E-state index contributed by atoms with van der Waals surface area (Å²) < 4.78 is 15.0. The number of benzene rings is 1. The Hall–Kier alpha value is -3.90. The third kappa shape index (κ3) is 4.50. The SMILES string of the molecule is COc1c(Nc2cc(NC(O)C3CC3)nc3[nH]n(C)c(=O)c23)cccc1-c1nc(C)n(C2CCCCO2)n1. The maximum atomic E-state index is 12.9. The predicted molar refractivity (Wildman–Crippen MR) is 143 cm³/mol. The average Bonchev–Trinajstić information content (AvgIpc) is 3.64. The monoisotopic (exact) mass is 520 g/mol. The van der Waals surface area contributed by atoms with Crippen molar-refractivity contribution in [3.05, 3.63) is 40.4 Å². The van der Waals surface area contributed by atoms with Crippen molar-refractivity contribution in [2.75, 3.05) is 24.4 Å². The van der Waals surface area contributed by atoms with Crippen molar-refractivity contribution in [2.45, 2.75) is 51.5 Å². The van der Waals surface area contributed by atoms with Gasteiger partial charge in [0.1, 0.15) is 23.3 Å². The van der Waals surface area contributed by atoms with Gasteiger partial charge in [-0.15, -0.1) is 5.10 Å². The first kappa shape index (κ1) is 24.4. The summed E-state index contributed by atoms with van der Waals surface area (Å²) in [5.74, 6) is 2.51. The molecule has 2 atom stereocenters. The second-order valence-corrected chi connectivity index (χ2v) is 9.94. The van der Waals surface area contributed by atoms with Gasteiger partial charge in [0.25, 0.3) is 5.56 Å². The van der Waals surface area contributed by atoms with Gasteiger partial charge in [-0.05, 0) is 51.2 Å². The topological polar surface area (TPSA) is 144 Å². The summed E-state index contributed by atoms with van der Waals surface area (Å²) in [6.45, 7) is 2.64. The van der Waals surface area contributed by atoms with E-state index < -0.39 is 6.23 Å². The predicted octanol–water partition coefficient (Wildman–Crippen LogP) is 3.42. The Morgan fingerprint density at radius 1 is 1.21 bits per heavy atom. The molecule has 12 nitrogen and oxygen atoms in total. The van der Waals surface area contributed by atoms with Gasteiger partial charge in [0.05, 0.1) is 24.0 Å². The Balaban J connectivity index is 1.38. The average molecular weight is 521 g/mol. The number of aromatic amines is 1. The Morgan fingerprint density at radius 3 is 2.79 bits per heavy atom. The van der Waals surface area contributed by atoms with E-state index in [1.165, 1.54) is 4.68 Å². The summed E-state index contributed by atoms with van der Waals surface area (Å²) in [4.78, 5) is 22.2. The van der Waals surface area contributed by atoms with Gasteiger partial charge in [-0.2, -0.15) is 0 Å². The number of hydrogen-bond acceptors (Lipinski definition) is 9. The number of nitrogens with zero attached hydrogens (tertiary/aromatic N) is 5. The van der Waals surface area contributed by atoms with Gasteiger partial charge >= 0.3 is 0 Å². The molecule has 4 heterocycles. The van der Waals surface area contributed by atoms with Gasteiger partial charge in [-0.3, -0.25) is 14.6 Å². The number of para-hydroxylation sites is 1. The van der Waals surface area contributed by atoms with Crippen LogP contribution in [0.3, 0.4) is 0 Å². The summed E-state index contributed by atoms with van der Waals surface area (Å²) in [5.41, 5.74) is 2.07. The van der Waals surface area contributed by atoms with E-state index in [1.54, 1.807) is 20.2 Å². The molecular formula is C26H32N8O4. The van der Waals surface area contributed by atoms with Crippen LogP contribution in [0.2, 0.25) is 0 Å². The van der Waals surface area contributed by atoms with Gasteiger partial charge in [-0.25, -0.2) is 14.6 Å². The molecule has 2 unspecified atom stereocenters. The van der Waals surface area contributed by atoms with E-state index in [4.69, 9.17) is 19.6 Å². The van der Waals surface area contributed by atoms with Crippen LogP contribution in [0.1, 0.15) is 44.2 Å². The number of methoxy groups -OCH3 is 1. The molecule has 1 saturated carbocycles. The van der Waals surface area contributed by atoms with Crippen LogP contribution in [0, 0.1) is 12.8 Å². The van der Waals surface area contributed by atoms with Gasteiger partial charge in [-0.1, -0.05) is 6.07 Å². The lowest BCUT2D eigenvalue weighted by Crippen LogP contribution is -2.21. The molecule has 1 aromatic carbocycles. The maximum Gasteiger partial charge on any atom is 0.277 e. The third-order valence-corrected chi connectivity index (χ3v) is 7.14. The highest BCUT2D eigenvalue weighted by atomic mass is 16.5. The first-order valence-corrected chi connectivity index (χ1v) is 13.0. The van der Waals surface area contributed by atoms with E-state index in [9.17, 15) is 9.90 Å². The smallest absolute Gasteiger partial charge is 0.277 e. The van der Waals surface area contributed by atoms with Gasteiger partial charge < -0.3 is 25.2 Å². The maximum absolute atomic E-state index is 12.9. The fourth-order valence-corrected chi connectivity index (χ4v) is 4.95. The van der Waals surface area contributed by atoms with E-state index in [0.29, 0.717) is 45.4 Å². The van der Waals surface area contributed by atoms with Gasteiger partial charge in [0, 0.05) is 25.6 Å². The Morgan fingerprint density at radius 2 is 2.05 bits per heavy atom. The molecule has 12 heteroatoms. The number of rotatable bonds is 8. The molecular weight excluding hydrogens is 488 g/mol. The lowest BCUT2D eigenvalue weighted by molar-refractivity contribution is -0.0408. The summed E-state index contributed by atoms with van der Waals surface area (Å²) in [6, 6.07) is 7.39. The minimum Gasteiger partial charge on any atom is -0.494 e. The van der Waals surface area contributed by atoms with Crippen molar-refractivity contribution >= 4 is 28.2 Å². The highest BCUT2D eigenvalue weighted by Crippen LogP contribution is 2.39. The highest BCUT2D eigenvalue weighted by Gasteiger charge is 2.30. The summed E-state index contributed by atoms with van der Waals surface area (Å²) in [6.07, 6.45) is 4.19. The van der Waals surface area contributed by atoms with E-state index >= 15 is 0 Å². The van der Waals surface area contributed by atoms with E-state index in [1.807, 2.05) is 29.8 Å². The number of hydrogen-bond donors (Lipinski definition) is 4. The zero-order chi connectivity index (χ0) is 26.4. The normalized spacial score (nSPS) is 18.5. The molecule has 1 aliphatic carbocycles. The summed E-state index contributed by atoms with van der Waals surface area (Å²) in [5, 5.41) is 25.0. The minimum absolute atomic E-state index is 0.121. The number of aryl methyl sites for hydroxylation is 2. The van der Waals surface area contributed by atoms with E-state index in [0.717, 1.165) is 44.5 Å². The number of aliphatic hydroxyl groups is 1. The van der Waals surface area contributed by atoms with Crippen LogP contribution >= 0.6 is 0 Å². The van der Waals surface area contributed by atoms with Crippen molar-refractivity contribution in [3.63, 3.8) is 0 Å². The molecule has 3 aromatic heterocycles. The zero-order valence-corrected chi connectivity index (χ0v) is 21.7. The fourth-order valence-electron chi connectivity index (χ4n) is 4.95. The van der Waals surface area contributed by atoms with Crippen molar-refractivity contribution in [1.29, 1.82) is 0 Å². The molecule has 0 amide bonds. The highest BCUT2D eigenvalue weighted by molar-refractivity contribution is 5.93. The van der Waals surface area contributed by atoms with Crippen LogP contribution in [0.4, 0.5) is 17.2 Å². The van der Waals surface area contributed by atoms with Crippen LogP contribution in [-0.2, 0) is 11.8 Å². The van der Waals surface area contributed by atoms with Crippen molar-refractivity contribution in [2.24, 2.45) is 13.0 Å². The fraction of sp³-hybridized carbons (Fsp3) is 0.462. The van der Waals surface area contributed by atoms with Crippen LogP contribution in [-0.4, -0.2) is 54.6 Å². The molecule has 0 bridgehead atoms. The first-order valence-electron chi connectivity index (χ1n) is 13.0. The van der Waals surface area contributed by atoms with Crippen molar-refractivity contribution in [1.82, 2.24) is 29.5 Å². The zero-order valence-electron chi connectivity index (χ0n) is 21.7. The summed E-state index contributed by atoms with van der Waals surface area (Å²) in [7, 11) is 3.23. The lowest BCUT2D eigenvalue weighted by atomic mass is 10.1. The standard InChI is InChI=1S/C26H32N8O4/c1-14-27-23(32-34(14)20-9-4-5-12-38-20)16-7-6-8-17(22(16)37-3)28-18-13-19(30-25(35)15-10-11-15)29-24-21(18)26(36)33(2)31-24/h6-8,13,15,20,25,35H,4-5,9-12H2,1-3H3,(H3,28,29,30,31). The Kier molecular flexibility index (Phi) is 6.28. The first-order chi connectivity index (χ1) is 18.4. The Bertz CT molecular complexity index is 1530. The molecule has 6 rings (SSSR count). The van der Waals surface area contributed by atoms with Crippen molar-refractivity contribution < 1.29 is 14.6 Å². The van der Waals surface area contributed by atoms with Crippen LogP contribution in [0.5, 0.6) is 5.75 Å². The molecule has 4 N–H and O–H groups in total. The van der Waals surface area contributed by atoms with E-state index in [-0.39, 0.29) is 17.7 Å². The number of H-pyrrole nitrogens is 1.